The van der Waals surface area contributed by atoms with Gasteiger partial charge in [-0.15, -0.1) is 0 Å². The second-order valence-corrected chi connectivity index (χ2v) is 4.69. The van der Waals surface area contributed by atoms with E-state index in [1.54, 1.807) is 19.1 Å². The van der Waals surface area contributed by atoms with E-state index in [9.17, 15) is 15.2 Å². The SMILES string of the molecule is Cc1cc(NCc2cccc(C)c2O)ccc1[N+](=O)[O-]. The maximum absolute atomic E-state index is 10.7. The van der Waals surface area contributed by atoms with Gasteiger partial charge in [0.1, 0.15) is 5.75 Å². The Morgan fingerprint density at radius 3 is 2.60 bits per heavy atom. The maximum atomic E-state index is 10.7. The van der Waals surface area contributed by atoms with Crippen LogP contribution in [-0.4, -0.2) is 10.0 Å². The summed E-state index contributed by atoms with van der Waals surface area (Å²) in [6.45, 7) is 4.01. The van der Waals surface area contributed by atoms with Crippen LogP contribution < -0.4 is 5.32 Å². The second kappa shape index (κ2) is 5.61. The zero-order chi connectivity index (χ0) is 14.7. The second-order valence-electron chi connectivity index (χ2n) is 4.69. The van der Waals surface area contributed by atoms with Crippen molar-refractivity contribution in [3.63, 3.8) is 0 Å². The van der Waals surface area contributed by atoms with Crippen LogP contribution in [0.15, 0.2) is 36.4 Å². The van der Waals surface area contributed by atoms with Crippen LogP contribution >= 0.6 is 0 Å². The zero-order valence-electron chi connectivity index (χ0n) is 11.4. The Balaban J connectivity index is 2.13. The minimum atomic E-state index is -0.397. The summed E-state index contributed by atoms with van der Waals surface area (Å²) in [6.07, 6.45) is 0. The molecule has 0 fully saturated rings. The topological polar surface area (TPSA) is 75.4 Å². The van der Waals surface area contributed by atoms with Crippen LogP contribution in [0.4, 0.5) is 11.4 Å². The number of benzene rings is 2. The third kappa shape index (κ3) is 2.88. The highest BCUT2D eigenvalue weighted by Crippen LogP contribution is 2.24. The summed E-state index contributed by atoms with van der Waals surface area (Å²) < 4.78 is 0. The van der Waals surface area contributed by atoms with Crippen LogP contribution in [0.25, 0.3) is 0 Å². The van der Waals surface area contributed by atoms with Gasteiger partial charge in [0.25, 0.3) is 5.69 Å². The Morgan fingerprint density at radius 1 is 1.20 bits per heavy atom. The number of nitrogens with one attached hydrogen (secondary N) is 1. The quantitative estimate of drug-likeness (QED) is 0.659. The monoisotopic (exact) mass is 272 g/mol. The minimum Gasteiger partial charge on any atom is -0.507 e. The van der Waals surface area contributed by atoms with E-state index in [2.05, 4.69) is 5.32 Å². The number of hydrogen-bond acceptors (Lipinski definition) is 4. The predicted molar refractivity (Wildman–Crippen MR) is 78.0 cm³/mol. The van der Waals surface area contributed by atoms with E-state index < -0.39 is 4.92 Å². The van der Waals surface area contributed by atoms with E-state index in [4.69, 9.17) is 0 Å². The molecule has 5 heteroatoms. The number of nitrogens with zero attached hydrogens (tertiary/aromatic N) is 1. The molecule has 0 aromatic heterocycles. The number of aromatic hydroxyl groups is 1. The third-order valence-corrected chi connectivity index (χ3v) is 3.20. The van der Waals surface area contributed by atoms with E-state index in [0.717, 1.165) is 16.8 Å². The summed E-state index contributed by atoms with van der Waals surface area (Å²) in [5.41, 5.74) is 3.11. The number of anilines is 1. The molecule has 0 atom stereocenters. The standard InChI is InChI=1S/C15H16N2O3/c1-10-4-3-5-12(15(10)18)9-16-13-6-7-14(17(19)20)11(2)8-13/h3-8,16,18H,9H2,1-2H3. The van der Waals surface area contributed by atoms with Gasteiger partial charge in [-0.1, -0.05) is 18.2 Å². The van der Waals surface area contributed by atoms with Gasteiger partial charge in [-0.2, -0.15) is 0 Å². The van der Waals surface area contributed by atoms with Crippen LogP contribution in [0.2, 0.25) is 0 Å². The number of nitro benzene ring substituents is 1. The molecule has 2 aromatic rings. The molecule has 0 amide bonds. The Hall–Kier alpha value is -2.56. The molecule has 0 unspecified atom stereocenters. The van der Waals surface area contributed by atoms with Crippen LogP contribution in [0, 0.1) is 24.0 Å². The highest BCUT2D eigenvalue weighted by molar-refractivity contribution is 5.54. The first-order valence-electron chi connectivity index (χ1n) is 6.25. The molecule has 0 radical (unpaired) electrons. The van der Waals surface area contributed by atoms with E-state index in [1.807, 2.05) is 25.1 Å². The van der Waals surface area contributed by atoms with Gasteiger partial charge in [-0.3, -0.25) is 10.1 Å². The maximum Gasteiger partial charge on any atom is 0.272 e. The van der Waals surface area contributed by atoms with Crippen molar-refractivity contribution in [3.8, 4) is 5.75 Å². The van der Waals surface area contributed by atoms with E-state index in [1.165, 1.54) is 6.07 Å². The lowest BCUT2D eigenvalue weighted by molar-refractivity contribution is -0.385. The predicted octanol–water partition coefficient (Wildman–Crippen LogP) is 3.53. The van der Waals surface area contributed by atoms with Crippen LogP contribution in [0.5, 0.6) is 5.75 Å². The van der Waals surface area contributed by atoms with E-state index in [0.29, 0.717) is 12.1 Å². The summed E-state index contributed by atoms with van der Waals surface area (Å²) in [5.74, 6) is 0.277. The fraction of sp³-hybridized carbons (Fsp3) is 0.200. The van der Waals surface area contributed by atoms with Crippen LogP contribution in [0.3, 0.4) is 0 Å². The minimum absolute atomic E-state index is 0.106. The zero-order valence-corrected chi connectivity index (χ0v) is 11.4. The molecule has 0 saturated heterocycles. The summed E-state index contributed by atoms with van der Waals surface area (Å²) in [5, 5.41) is 23.8. The first-order valence-corrected chi connectivity index (χ1v) is 6.25. The lowest BCUT2D eigenvalue weighted by Crippen LogP contribution is -2.01. The third-order valence-electron chi connectivity index (χ3n) is 3.20. The van der Waals surface area contributed by atoms with Gasteiger partial charge in [0.2, 0.25) is 0 Å². The molecule has 0 saturated carbocycles. The molecule has 20 heavy (non-hydrogen) atoms. The van der Waals surface area contributed by atoms with Crippen molar-refractivity contribution in [2.24, 2.45) is 0 Å². The van der Waals surface area contributed by atoms with Crippen molar-refractivity contribution < 1.29 is 10.0 Å². The van der Waals surface area contributed by atoms with Crippen molar-refractivity contribution in [3.05, 3.63) is 63.2 Å². The fourth-order valence-corrected chi connectivity index (χ4v) is 2.03. The van der Waals surface area contributed by atoms with E-state index >= 15 is 0 Å². The van der Waals surface area contributed by atoms with Crippen molar-refractivity contribution in [1.82, 2.24) is 0 Å². The Kier molecular flexibility index (Phi) is 3.89. The molecule has 0 aliphatic heterocycles. The fourth-order valence-electron chi connectivity index (χ4n) is 2.03. The molecule has 2 rings (SSSR count). The van der Waals surface area contributed by atoms with Crippen LogP contribution in [-0.2, 0) is 6.54 Å². The van der Waals surface area contributed by atoms with Crippen molar-refractivity contribution >= 4 is 11.4 Å². The summed E-state index contributed by atoms with van der Waals surface area (Å²) in [7, 11) is 0. The Labute approximate surface area is 117 Å². The average molecular weight is 272 g/mol. The number of nitro groups is 1. The number of phenolic OH excluding ortho intramolecular Hbond substituents is 1. The van der Waals surface area contributed by atoms with Gasteiger partial charge in [-0.25, -0.2) is 0 Å². The van der Waals surface area contributed by atoms with Gasteiger partial charge in [0, 0.05) is 29.4 Å². The Bertz CT molecular complexity index is 654. The van der Waals surface area contributed by atoms with Crippen molar-refractivity contribution in [1.29, 1.82) is 0 Å². The number of phenols is 1. The van der Waals surface area contributed by atoms with Gasteiger partial charge >= 0.3 is 0 Å². The molecule has 104 valence electrons. The van der Waals surface area contributed by atoms with Gasteiger partial charge in [0.05, 0.1) is 4.92 Å². The molecular weight excluding hydrogens is 256 g/mol. The smallest absolute Gasteiger partial charge is 0.272 e. The largest absolute Gasteiger partial charge is 0.507 e. The number of rotatable bonds is 4. The van der Waals surface area contributed by atoms with Crippen molar-refractivity contribution in [2.75, 3.05) is 5.32 Å². The molecule has 2 aromatic carbocycles. The number of aryl methyl sites for hydroxylation is 2. The van der Waals surface area contributed by atoms with E-state index in [-0.39, 0.29) is 11.4 Å². The van der Waals surface area contributed by atoms with Gasteiger partial charge in [0.15, 0.2) is 0 Å². The van der Waals surface area contributed by atoms with Gasteiger partial charge in [-0.05, 0) is 31.5 Å². The molecule has 0 aliphatic rings. The molecule has 0 aliphatic carbocycles. The van der Waals surface area contributed by atoms with Crippen molar-refractivity contribution in [2.45, 2.75) is 20.4 Å². The molecular formula is C15H16N2O3. The van der Waals surface area contributed by atoms with Gasteiger partial charge < -0.3 is 10.4 Å². The molecule has 0 heterocycles. The molecule has 0 bridgehead atoms. The molecule has 2 N–H and O–H groups in total. The highest BCUT2D eigenvalue weighted by Gasteiger charge is 2.10. The Morgan fingerprint density at radius 2 is 1.95 bits per heavy atom. The molecule has 5 nitrogen and oxygen atoms in total. The lowest BCUT2D eigenvalue weighted by atomic mass is 10.1. The lowest BCUT2D eigenvalue weighted by Gasteiger charge is -2.10. The number of hydrogen-bond donors (Lipinski definition) is 2. The highest BCUT2D eigenvalue weighted by atomic mass is 16.6. The average Bonchev–Trinajstić information content (AvgIpc) is 2.40. The number of para-hydroxylation sites is 1. The molecule has 0 spiro atoms. The first kappa shape index (κ1) is 13.9. The first-order chi connectivity index (χ1) is 9.49. The summed E-state index contributed by atoms with van der Waals surface area (Å²) in [4.78, 5) is 10.3. The van der Waals surface area contributed by atoms with Crippen LogP contribution in [0.1, 0.15) is 16.7 Å². The summed E-state index contributed by atoms with van der Waals surface area (Å²) in [6, 6.07) is 10.4. The summed E-state index contributed by atoms with van der Waals surface area (Å²) >= 11 is 0. The normalized spacial score (nSPS) is 10.3.